The van der Waals surface area contributed by atoms with Crippen LogP contribution in [0.4, 0.5) is 0 Å². The zero-order chi connectivity index (χ0) is 11.4. The van der Waals surface area contributed by atoms with Crippen LogP contribution >= 0.6 is 0 Å². The Balaban J connectivity index is 2.20. The number of carbonyl (C=O) groups is 1. The highest BCUT2D eigenvalue weighted by Crippen LogP contribution is 2.04. The first-order valence-electron chi connectivity index (χ1n) is 4.85. The van der Waals surface area contributed by atoms with Crippen molar-refractivity contribution in [3.63, 3.8) is 0 Å². The predicted octanol–water partition coefficient (Wildman–Crippen LogP) is 0.831. The maximum absolute atomic E-state index is 11.4. The summed E-state index contributed by atoms with van der Waals surface area (Å²) in [5.41, 5.74) is 0.513. The van der Waals surface area contributed by atoms with E-state index in [4.69, 9.17) is 0 Å². The lowest BCUT2D eigenvalue weighted by atomic mass is 10.2. The molecule has 0 bridgehead atoms. The predicted molar refractivity (Wildman–Crippen MR) is 59.0 cm³/mol. The quantitative estimate of drug-likeness (QED) is 0.825. The summed E-state index contributed by atoms with van der Waals surface area (Å²) >= 11 is 0. The molecule has 0 aliphatic carbocycles. The van der Waals surface area contributed by atoms with E-state index in [0.29, 0.717) is 17.9 Å². The van der Waals surface area contributed by atoms with Gasteiger partial charge < -0.3 is 5.32 Å². The molecule has 0 aromatic carbocycles. The molecule has 0 fully saturated rings. The second-order valence-electron chi connectivity index (χ2n) is 3.11. The monoisotopic (exact) mass is 215 g/mol. The Labute approximate surface area is 93.1 Å². The topological polar surface area (TPSA) is 59.8 Å². The van der Waals surface area contributed by atoms with Crippen molar-refractivity contribution in [2.24, 2.45) is 0 Å². The summed E-state index contributed by atoms with van der Waals surface area (Å²) < 4.78 is 1.63. The van der Waals surface area contributed by atoms with Gasteiger partial charge in [0.2, 0.25) is 0 Å². The number of hydrogen-bond acceptors (Lipinski definition) is 3. The van der Waals surface area contributed by atoms with Crippen molar-refractivity contribution in [3.05, 3.63) is 49.3 Å². The van der Waals surface area contributed by atoms with Crippen molar-refractivity contribution in [3.8, 4) is 5.82 Å². The molecule has 0 saturated heterocycles. The molecule has 0 aliphatic rings. The molecule has 0 spiro atoms. The summed E-state index contributed by atoms with van der Waals surface area (Å²) in [5, 5.41) is 6.64. The first-order chi connectivity index (χ1) is 7.81. The normalized spacial score (nSPS) is 10.1. The van der Waals surface area contributed by atoms with Crippen LogP contribution in [-0.4, -0.2) is 27.2 Å². The Bertz CT molecular complexity index is 461. The van der Waals surface area contributed by atoms with E-state index in [9.17, 15) is 4.79 Å². The van der Waals surface area contributed by atoms with Crippen LogP contribution in [0, 0.1) is 6.92 Å². The van der Waals surface area contributed by atoms with Gasteiger partial charge in [-0.2, -0.15) is 5.10 Å². The molecular formula is C11H11N4O. The molecule has 0 unspecified atom stereocenters. The number of nitrogens with zero attached hydrogens (tertiary/aromatic N) is 3. The van der Waals surface area contributed by atoms with E-state index in [1.807, 2.05) is 6.07 Å². The van der Waals surface area contributed by atoms with Gasteiger partial charge in [0, 0.05) is 25.1 Å². The van der Waals surface area contributed by atoms with E-state index >= 15 is 0 Å². The highest BCUT2D eigenvalue weighted by atomic mass is 16.1. The number of amides is 1. The summed E-state index contributed by atoms with van der Waals surface area (Å²) in [6.45, 7) is 3.90. The Morgan fingerprint density at radius 2 is 2.38 bits per heavy atom. The highest BCUT2D eigenvalue weighted by Gasteiger charge is 2.04. The summed E-state index contributed by atoms with van der Waals surface area (Å²) in [5.74, 6) is 0.505. The summed E-state index contributed by atoms with van der Waals surface area (Å²) in [4.78, 5) is 15.6. The standard InChI is InChI=1S/C11H11N4O/c1-2-12-11(16)9-4-5-10(13-8-9)15-7-3-6-14-15/h3-8H,1-2H2,(H,12,16). The lowest BCUT2D eigenvalue weighted by Crippen LogP contribution is -2.22. The van der Waals surface area contributed by atoms with Crippen LogP contribution < -0.4 is 5.32 Å². The Morgan fingerprint density at radius 1 is 1.50 bits per heavy atom. The number of pyridine rings is 1. The largest absolute Gasteiger partial charge is 0.352 e. The van der Waals surface area contributed by atoms with Crippen LogP contribution in [0.3, 0.4) is 0 Å². The zero-order valence-corrected chi connectivity index (χ0v) is 8.63. The van der Waals surface area contributed by atoms with E-state index < -0.39 is 0 Å². The third-order valence-electron chi connectivity index (χ3n) is 2.03. The molecule has 1 radical (unpaired) electrons. The first kappa shape index (κ1) is 10.4. The van der Waals surface area contributed by atoms with Crippen LogP contribution in [-0.2, 0) is 0 Å². The van der Waals surface area contributed by atoms with Gasteiger partial charge in [-0.25, -0.2) is 9.67 Å². The fourth-order valence-corrected chi connectivity index (χ4v) is 1.28. The van der Waals surface area contributed by atoms with Gasteiger partial charge in [-0.3, -0.25) is 4.79 Å². The lowest BCUT2D eigenvalue weighted by molar-refractivity contribution is 0.0957. The van der Waals surface area contributed by atoms with Crippen LogP contribution in [0.25, 0.3) is 5.82 Å². The van der Waals surface area contributed by atoms with Crippen LogP contribution in [0.1, 0.15) is 10.4 Å². The fraction of sp³-hybridized carbons (Fsp3) is 0.0909. The van der Waals surface area contributed by atoms with Crippen molar-refractivity contribution in [2.45, 2.75) is 0 Å². The average Bonchev–Trinajstić information content (AvgIpc) is 2.83. The minimum absolute atomic E-state index is 0.172. The minimum atomic E-state index is -0.172. The molecular weight excluding hydrogens is 204 g/mol. The van der Waals surface area contributed by atoms with Crippen molar-refractivity contribution in [1.29, 1.82) is 0 Å². The van der Waals surface area contributed by atoms with E-state index in [2.05, 4.69) is 22.3 Å². The maximum Gasteiger partial charge on any atom is 0.252 e. The number of carbonyl (C=O) groups excluding carboxylic acids is 1. The van der Waals surface area contributed by atoms with E-state index in [1.54, 1.807) is 29.2 Å². The van der Waals surface area contributed by atoms with Gasteiger partial charge in [-0.15, -0.1) is 0 Å². The molecule has 0 saturated carbocycles. The van der Waals surface area contributed by atoms with E-state index in [0.717, 1.165) is 0 Å². The first-order valence-corrected chi connectivity index (χ1v) is 4.85. The molecule has 5 heteroatoms. The highest BCUT2D eigenvalue weighted by molar-refractivity contribution is 5.93. The van der Waals surface area contributed by atoms with Gasteiger partial charge in [-0.1, -0.05) is 0 Å². The fourth-order valence-electron chi connectivity index (χ4n) is 1.28. The summed E-state index contributed by atoms with van der Waals surface area (Å²) in [6.07, 6.45) is 4.98. The van der Waals surface area contributed by atoms with Gasteiger partial charge in [0.15, 0.2) is 5.82 Å². The second kappa shape index (κ2) is 4.57. The molecule has 2 aromatic heterocycles. The molecule has 16 heavy (non-hydrogen) atoms. The minimum Gasteiger partial charge on any atom is -0.352 e. The molecule has 1 N–H and O–H groups in total. The Morgan fingerprint density at radius 3 is 2.94 bits per heavy atom. The van der Waals surface area contributed by atoms with Gasteiger partial charge in [0.1, 0.15) is 0 Å². The van der Waals surface area contributed by atoms with Crippen molar-refractivity contribution >= 4 is 5.91 Å². The third-order valence-corrected chi connectivity index (χ3v) is 2.03. The smallest absolute Gasteiger partial charge is 0.252 e. The van der Waals surface area contributed by atoms with Gasteiger partial charge in [-0.05, 0) is 25.1 Å². The summed E-state index contributed by atoms with van der Waals surface area (Å²) in [7, 11) is 0. The molecule has 5 nitrogen and oxygen atoms in total. The molecule has 1 amide bonds. The number of aromatic nitrogens is 3. The van der Waals surface area contributed by atoms with Gasteiger partial charge in [0.05, 0.1) is 5.56 Å². The number of rotatable bonds is 3. The summed E-state index contributed by atoms with van der Waals surface area (Å²) in [6, 6.07) is 5.26. The molecule has 0 atom stereocenters. The van der Waals surface area contributed by atoms with E-state index in [1.165, 1.54) is 6.20 Å². The molecule has 2 heterocycles. The maximum atomic E-state index is 11.4. The third kappa shape index (κ3) is 2.08. The molecule has 81 valence electrons. The van der Waals surface area contributed by atoms with Gasteiger partial charge >= 0.3 is 0 Å². The SMILES string of the molecule is [CH2]CNC(=O)c1ccc(-n2cccn2)nc1. The Hall–Kier alpha value is -2.17. The second-order valence-corrected chi connectivity index (χ2v) is 3.11. The molecule has 0 aliphatic heterocycles. The van der Waals surface area contributed by atoms with Crippen molar-refractivity contribution in [1.82, 2.24) is 20.1 Å². The van der Waals surface area contributed by atoms with Crippen LogP contribution in [0.2, 0.25) is 0 Å². The average molecular weight is 215 g/mol. The Kier molecular flexibility index (Phi) is 2.95. The number of hydrogen-bond donors (Lipinski definition) is 1. The van der Waals surface area contributed by atoms with Crippen molar-refractivity contribution < 1.29 is 4.79 Å². The lowest BCUT2D eigenvalue weighted by Gasteiger charge is -2.03. The van der Waals surface area contributed by atoms with Gasteiger partial charge in [0.25, 0.3) is 5.91 Å². The zero-order valence-electron chi connectivity index (χ0n) is 8.63. The molecule has 2 rings (SSSR count). The molecule has 2 aromatic rings. The number of nitrogens with one attached hydrogen (secondary N) is 1. The van der Waals surface area contributed by atoms with Crippen molar-refractivity contribution in [2.75, 3.05) is 6.54 Å². The van der Waals surface area contributed by atoms with E-state index in [-0.39, 0.29) is 5.91 Å². The van der Waals surface area contributed by atoms with Crippen LogP contribution in [0.15, 0.2) is 36.8 Å². The van der Waals surface area contributed by atoms with Crippen LogP contribution in [0.5, 0.6) is 0 Å².